The Balaban J connectivity index is 2.19. The van der Waals surface area contributed by atoms with Gasteiger partial charge in [0.25, 0.3) is 0 Å². The van der Waals surface area contributed by atoms with Gasteiger partial charge in [-0.1, -0.05) is 12.1 Å². The highest BCUT2D eigenvalue weighted by Gasteiger charge is 2.14. The highest BCUT2D eigenvalue weighted by Crippen LogP contribution is 2.28. The van der Waals surface area contributed by atoms with Crippen LogP contribution in [0.25, 0.3) is 0 Å². The standard InChI is InChI=1S/C13H19N3/c1-9(2)15-13(14)16-12-8-4-6-10-5-3-7-11(10)12/h4,6,8-9H,3,5,7H2,1-2H3,(H3,14,15,16). The Kier molecular flexibility index (Phi) is 3.13. The average molecular weight is 217 g/mol. The summed E-state index contributed by atoms with van der Waals surface area (Å²) in [6, 6.07) is 6.58. The summed E-state index contributed by atoms with van der Waals surface area (Å²) in [4.78, 5) is 4.28. The molecule has 3 N–H and O–H groups in total. The van der Waals surface area contributed by atoms with Gasteiger partial charge in [0.05, 0.1) is 0 Å². The molecular weight excluding hydrogens is 198 g/mol. The van der Waals surface area contributed by atoms with Crippen LogP contribution < -0.4 is 11.1 Å². The Labute approximate surface area is 96.8 Å². The zero-order valence-electron chi connectivity index (χ0n) is 9.96. The summed E-state index contributed by atoms with van der Waals surface area (Å²) in [5, 5.41) is 3.20. The number of benzene rings is 1. The molecule has 0 bridgehead atoms. The fourth-order valence-electron chi connectivity index (χ4n) is 2.19. The van der Waals surface area contributed by atoms with Crippen LogP contribution in [0.2, 0.25) is 0 Å². The van der Waals surface area contributed by atoms with E-state index in [4.69, 9.17) is 5.73 Å². The first-order valence-corrected chi connectivity index (χ1v) is 5.88. The number of rotatable bonds is 2. The van der Waals surface area contributed by atoms with Crippen molar-refractivity contribution in [2.75, 3.05) is 5.32 Å². The maximum absolute atomic E-state index is 5.84. The molecule has 16 heavy (non-hydrogen) atoms. The van der Waals surface area contributed by atoms with Crippen LogP contribution >= 0.6 is 0 Å². The lowest BCUT2D eigenvalue weighted by Gasteiger charge is -2.11. The molecule has 0 fully saturated rings. The van der Waals surface area contributed by atoms with E-state index in [1.807, 2.05) is 13.8 Å². The minimum Gasteiger partial charge on any atom is -0.370 e. The second kappa shape index (κ2) is 4.56. The number of aliphatic imine (C=N–C) groups is 1. The maximum atomic E-state index is 5.84. The molecule has 0 radical (unpaired) electrons. The Hall–Kier alpha value is -1.51. The first-order valence-electron chi connectivity index (χ1n) is 5.88. The van der Waals surface area contributed by atoms with Gasteiger partial charge in [-0.05, 0) is 50.3 Å². The van der Waals surface area contributed by atoms with E-state index in [2.05, 4.69) is 28.5 Å². The number of nitrogens with zero attached hydrogens (tertiary/aromatic N) is 1. The quantitative estimate of drug-likeness (QED) is 0.590. The van der Waals surface area contributed by atoms with Crippen LogP contribution in [0.15, 0.2) is 23.2 Å². The van der Waals surface area contributed by atoms with Gasteiger partial charge >= 0.3 is 0 Å². The normalized spacial score (nSPS) is 15.3. The summed E-state index contributed by atoms with van der Waals surface area (Å²) < 4.78 is 0. The molecule has 0 spiro atoms. The Morgan fingerprint density at radius 1 is 1.38 bits per heavy atom. The second-order valence-corrected chi connectivity index (χ2v) is 4.53. The van der Waals surface area contributed by atoms with Gasteiger partial charge in [-0.25, -0.2) is 0 Å². The molecule has 86 valence electrons. The van der Waals surface area contributed by atoms with Crippen LogP contribution in [0.4, 0.5) is 5.69 Å². The van der Waals surface area contributed by atoms with E-state index in [0.29, 0.717) is 5.96 Å². The Bertz CT molecular complexity index is 408. The molecule has 0 saturated heterocycles. The van der Waals surface area contributed by atoms with Crippen LogP contribution in [0.3, 0.4) is 0 Å². The molecule has 0 amide bonds. The molecule has 1 aromatic carbocycles. The SMILES string of the molecule is CC(C)N=C(N)Nc1cccc2c1CCC2. The monoisotopic (exact) mass is 217 g/mol. The third kappa shape index (κ3) is 2.35. The molecule has 3 nitrogen and oxygen atoms in total. The highest BCUT2D eigenvalue weighted by molar-refractivity contribution is 5.93. The molecule has 2 rings (SSSR count). The van der Waals surface area contributed by atoms with Crippen LogP contribution in [-0.4, -0.2) is 12.0 Å². The van der Waals surface area contributed by atoms with E-state index in [-0.39, 0.29) is 6.04 Å². The van der Waals surface area contributed by atoms with E-state index in [9.17, 15) is 0 Å². The number of nitrogens with one attached hydrogen (secondary N) is 1. The lowest BCUT2D eigenvalue weighted by Crippen LogP contribution is -2.24. The Morgan fingerprint density at radius 3 is 2.94 bits per heavy atom. The van der Waals surface area contributed by atoms with Crippen molar-refractivity contribution in [3.05, 3.63) is 29.3 Å². The summed E-state index contributed by atoms with van der Waals surface area (Å²) in [6.45, 7) is 4.04. The van der Waals surface area contributed by atoms with Gasteiger partial charge in [-0.2, -0.15) is 0 Å². The van der Waals surface area contributed by atoms with E-state index in [1.54, 1.807) is 0 Å². The van der Waals surface area contributed by atoms with Crippen LogP contribution in [-0.2, 0) is 12.8 Å². The van der Waals surface area contributed by atoms with E-state index in [1.165, 1.54) is 24.0 Å². The van der Waals surface area contributed by atoms with Crippen LogP contribution in [0.1, 0.15) is 31.4 Å². The van der Waals surface area contributed by atoms with Crippen molar-refractivity contribution in [3.63, 3.8) is 0 Å². The molecule has 3 heteroatoms. The van der Waals surface area contributed by atoms with Crippen LogP contribution in [0.5, 0.6) is 0 Å². The van der Waals surface area contributed by atoms with Gasteiger partial charge < -0.3 is 11.1 Å². The third-order valence-corrected chi connectivity index (χ3v) is 2.81. The number of anilines is 1. The summed E-state index contributed by atoms with van der Waals surface area (Å²) in [5.74, 6) is 0.510. The van der Waals surface area contributed by atoms with Crippen molar-refractivity contribution < 1.29 is 0 Å². The van der Waals surface area contributed by atoms with Gasteiger partial charge in [-0.15, -0.1) is 0 Å². The van der Waals surface area contributed by atoms with Gasteiger partial charge in [0, 0.05) is 11.7 Å². The van der Waals surface area contributed by atoms with Crippen molar-refractivity contribution in [1.29, 1.82) is 0 Å². The van der Waals surface area contributed by atoms with Gasteiger partial charge in [0.1, 0.15) is 0 Å². The fourth-order valence-corrected chi connectivity index (χ4v) is 2.19. The van der Waals surface area contributed by atoms with Crippen molar-refractivity contribution >= 4 is 11.6 Å². The van der Waals surface area contributed by atoms with Gasteiger partial charge in [-0.3, -0.25) is 4.99 Å². The Morgan fingerprint density at radius 2 is 2.19 bits per heavy atom. The average Bonchev–Trinajstić information content (AvgIpc) is 2.65. The van der Waals surface area contributed by atoms with E-state index < -0.39 is 0 Å². The number of aryl methyl sites for hydroxylation is 1. The van der Waals surface area contributed by atoms with Gasteiger partial charge in [0.2, 0.25) is 0 Å². The first kappa shape index (κ1) is 11.0. The highest BCUT2D eigenvalue weighted by atomic mass is 15.1. The number of hydrogen-bond donors (Lipinski definition) is 2. The fraction of sp³-hybridized carbons (Fsp3) is 0.462. The minimum absolute atomic E-state index is 0.226. The maximum Gasteiger partial charge on any atom is 0.193 e. The molecule has 1 aliphatic rings. The molecule has 0 heterocycles. The topological polar surface area (TPSA) is 50.4 Å². The van der Waals surface area contributed by atoms with E-state index >= 15 is 0 Å². The summed E-state index contributed by atoms with van der Waals surface area (Å²) in [5.41, 5.74) is 9.82. The first-order chi connectivity index (χ1) is 7.66. The summed E-state index contributed by atoms with van der Waals surface area (Å²) >= 11 is 0. The number of nitrogens with two attached hydrogens (primary N) is 1. The molecule has 1 aromatic rings. The van der Waals surface area contributed by atoms with Crippen molar-refractivity contribution in [2.45, 2.75) is 39.2 Å². The predicted molar refractivity (Wildman–Crippen MR) is 68.8 cm³/mol. The van der Waals surface area contributed by atoms with E-state index in [0.717, 1.165) is 12.1 Å². The molecule has 0 aliphatic heterocycles. The molecular formula is C13H19N3. The van der Waals surface area contributed by atoms with Crippen molar-refractivity contribution in [2.24, 2.45) is 10.7 Å². The number of guanidine groups is 1. The van der Waals surface area contributed by atoms with Crippen LogP contribution in [0, 0.1) is 0 Å². The molecule has 0 unspecified atom stereocenters. The molecule has 1 aliphatic carbocycles. The largest absolute Gasteiger partial charge is 0.370 e. The zero-order valence-corrected chi connectivity index (χ0v) is 9.96. The lowest BCUT2D eigenvalue weighted by atomic mass is 10.1. The zero-order chi connectivity index (χ0) is 11.5. The lowest BCUT2D eigenvalue weighted by molar-refractivity contribution is 0.833. The van der Waals surface area contributed by atoms with Gasteiger partial charge in [0.15, 0.2) is 5.96 Å². The van der Waals surface area contributed by atoms with Crippen molar-refractivity contribution in [1.82, 2.24) is 0 Å². The summed E-state index contributed by atoms with van der Waals surface area (Å²) in [7, 11) is 0. The second-order valence-electron chi connectivity index (χ2n) is 4.53. The molecule has 0 aromatic heterocycles. The number of hydrogen-bond acceptors (Lipinski definition) is 1. The number of fused-ring (bicyclic) bond motifs is 1. The predicted octanol–water partition coefficient (Wildman–Crippen LogP) is 2.31. The third-order valence-electron chi connectivity index (χ3n) is 2.81. The summed E-state index contributed by atoms with van der Waals surface area (Å²) in [6.07, 6.45) is 3.58. The molecule has 0 saturated carbocycles. The van der Waals surface area contributed by atoms with Crippen molar-refractivity contribution in [3.8, 4) is 0 Å². The smallest absolute Gasteiger partial charge is 0.193 e. The molecule has 0 atom stereocenters. The minimum atomic E-state index is 0.226.